The Morgan fingerprint density at radius 2 is 2.05 bits per heavy atom. The molecule has 0 aliphatic heterocycles. The van der Waals surface area contributed by atoms with Crippen molar-refractivity contribution in [1.82, 2.24) is 9.78 Å². The molecule has 8 heteroatoms. The molecule has 7 nitrogen and oxygen atoms in total. The van der Waals surface area contributed by atoms with Crippen molar-refractivity contribution in [2.45, 2.75) is 25.3 Å². The summed E-state index contributed by atoms with van der Waals surface area (Å²) >= 11 is 0. The number of aromatic hydroxyl groups is 1. The number of nitrogens with one attached hydrogen (secondary N) is 1. The van der Waals surface area contributed by atoms with Gasteiger partial charge in [0, 0.05) is 12.7 Å². The number of hydrogen-bond acceptors (Lipinski definition) is 5. The van der Waals surface area contributed by atoms with E-state index in [1.807, 2.05) is 6.92 Å². The normalized spacial score (nSPS) is 11.4. The smallest absolute Gasteiger partial charge is 0.276 e. The van der Waals surface area contributed by atoms with E-state index in [0.29, 0.717) is 6.54 Å². The highest BCUT2D eigenvalue weighted by Gasteiger charge is 2.16. The van der Waals surface area contributed by atoms with Crippen LogP contribution in [0.25, 0.3) is 0 Å². The van der Waals surface area contributed by atoms with Crippen molar-refractivity contribution in [3.63, 3.8) is 0 Å². The number of sulfone groups is 1. The summed E-state index contributed by atoms with van der Waals surface area (Å²) in [5.41, 5.74) is 0.218. The van der Waals surface area contributed by atoms with E-state index in [4.69, 9.17) is 0 Å². The molecule has 0 spiro atoms. The third kappa shape index (κ3) is 3.28. The average molecular weight is 323 g/mol. The number of phenols is 1. The molecule has 1 heterocycles. The Balaban J connectivity index is 2.29. The zero-order valence-electron chi connectivity index (χ0n) is 12.3. The quantitative estimate of drug-likeness (QED) is 0.815. The molecule has 2 rings (SSSR count). The van der Waals surface area contributed by atoms with Gasteiger partial charge < -0.3 is 10.4 Å². The number of amides is 1. The van der Waals surface area contributed by atoms with Gasteiger partial charge in [0.1, 0.15) is 5.75 Å². The van der Waals surface area contributed by atoms with Crippen LogP contribution >= 0.6 is 0 Å². The maximum Gasteiger partial charge on any atom is 0.276 e. The lowest BCUT2D eigenvalue weighted by Gasteiger charge is -2.08. The van der Waals surface area contributed by atoms with Gasteiger partial charge in [0.2, 0.25) is 0 Å². The fourth-order valence-electron chi connectivity index (χ4n) is 1.82. The van der Waals surface area contributed by atoms with Crippen LogP contribution < -0.4 is 5.32 Å². The van der Waals surface area contributed by atoms with Crippen LogP contribution in [0.5, 0.6) is 5.75 Å². The second-order valence-electron chi connectivity index (χ2n) is 4.59. The van der Waals surface area contributed by atoms with Gasteiger partial charge in [0.15, 0.2) is 15.5 Å². The van der Waals surface area contributed by atoms with Crippen molar-refractivity contribution in [3.05, 3.63) is 36.2 Å². The van der Waals surface area contributed by atoms with Gasteiger partial charge in [0.05, 0.1) is 16.3 Å². The molecule has 1 aromatic heterocycles. The number of phenolic OH excluding ortho intramolecular Hbond substituents is 1. The van der Waals surface area contributed by atoms with Crippen LogP contribution in [0.4, 0.5) is 5.69 Å². The van der Waals surface area contributed by atoms with Crippen molar-refractivity contribution in [2.24, 2.45) is 0 Å². The third-order valence-corrected chi connectivity index (χ3v) is 4.88. The Hall–Kier alpha value is -2.35. The van der Waals surface area contributed by atoms with Gasteiger partial charge >= 0.3 is 0 Å². The van der Waals surface area contributed by atoms with Crippen LogP contribution in [-0.4, -0.2) is 35.0 Å². The first-order valence-corrected chi connectivity index (χ1v) is 8.43. The van der Waals surface area contributed by atoms with Crippen LogP contribution in [-0.2, 0) is 16.4 Å². The second kappa shape index (κ2) is 6.18. The van der Waals surface area contributed by atoms with Crippen molar-refractivity contribution in [1.29, 1.82) is 0 Å². The number of hydrogen-bond donors (Lipinski definition) is 2. The average Bonchev–Trinajstić information content (AvgIpc) is 2.98. The summed E-state index contributed by atoms with van der Waals surface area (Å²) in [7, 11) is -3.42. The number of nitrogens with zero attached hydrogens (tertiary/aromatic N) is 2. The van der Waals surface area contributed by atoms with E-state index in [1.54, 1.807) is 16.9 Å². The summed E-state index contributed by atoms with van der Waals surface area (Å²) in [6.45, 7) is 4.04. The van der Waals surface area contributed by atoms with Gasteiger partial charge in [-0.1, -0.05) is 6.92 Å². The van der Waals surface area contributed by atoms with E-state index in [0.717, 1.165) is 0 Å². The predicted molar refractivity (Wildman–Crippen MR) is 81.7 cm³/mol. The van der Waals surface area contributed by atoms with Crippen LogP contribution in [0.1, 0.15) is 24.3 Å². The zero-order valence-corrected chi connectivity index (χ0v) is 13.1. The highest BCUT2D eigenvalue weighted by atomic mass is 32.2. The minimum atomic E-state index is -3.42. The summed E-state index contributed by atoms with van der Waals surface area (Å²) in [6, 6.07) is 5.32. The molecular weight excluding hydrogens is 306 g/mol. The fraction of sp³-hybridized carbons (Fsp3) is 0.286. The molecule has 2 aromatic rings. The molecule has 0 aliphatic carbocycles. The Labute approximate surface area is 128 Å². The molecule has 118 valence electrons. The lowest BCUT2D eigenvalue weighted by atomic mass is 10.3. The molecular formula is C14H17N3O4S. The number of carbonyl (C=O) groups excluding carboxylic acids is 1. The van der Waals surface area contributed by atoms with E-state index in [-0.39, 0.29) is 27.8 Å². The van der Waals surface area contributed by atoms with Gasteiger partial charge in [-0.2, -0.15) is 5.10 Å². The van der Waals surface area contributed by atoms with E-state index in [1.165, 1.54) is 25.1 Å². The molecule has 22 heavy (non-hydrogen) atoms. The molecule has 0 aliphatic rings. The molecule has 0 atom stereocenters. The summed E-state index contributed by atoms with van der Waals surface area (Å²) in [5.74, 6) is -0.793. The summed E-state index contributed by atoms with van der Waals surface area (Å²) in [4.78, 5) is 12.1. The minimum absolute atomic E-state index is 0.0329. The summed E-state index contributed by atoms with van der Waals surface area (Å²) in [5, 5.41) is 16.3. The molecule has 0 unspecified atom stereocenters. The fourth-order valence-corrected chi connectivity index (χ4v) is 2.73. The van der Waals surface area contributed by atoms with Crippen LogP contribution in [0.2, 0.25) is 0 Å². The molecule has 1 amide bonds. The second-order valence-corrected chi connectivity index (χ2v) is 6.87. The van der Waals surface area contributed by atoms with Gasteiger partial charge in [-0.05, 0) is 31.2 Å². The number of carbonyl (C=O) groups is 1. The maximum atomic E-state index is 12.1. The first-order chi connectivity index (χ1) is 10.4. The first-order valence-electron chi connectivity index (χ1n) is 6.78. The number of aryl methyl sites for hydroxylation is 1. The molecule has 0 radical (unpaired) electrons. The Morgan fingerprint density at radius 3 is 2.64 bits per heavy atom. The minimum Gasteiger partial charge on any atom is -0.506 e. The topological polar surface area (TPSA) is 101 Å². The monoisotopic (exact) mass is 323 g/mol. The van der Waals surface area contributed by atoms with Gasteiger partial charge in [-0.3, -0.25) is 9.48 Å². The van der Waals surface area contributed by atoms with E-state index >= 15 is 0 Å². The molecule has 0 saturated heterocycles. The van der Waals surface area contributed by atoms with Gasteiger partial charge in [-0.25, -0.2) is 8.42 Å². The number of benzene rings is 1. The summed E-state index contributed by atoms with van der Waals surface area (Å²) < 4.78 is 25.3. The molecule has 2 N–H and O–H groups in total. The van der Waals surface area contributed by atoms with Crippen LogP contribution in [0.15, 0.2) is 35.4 Å². The number of aromatic nitrogens is 2. The Bertz CT molecular complexity index is 796. The van der Waals surface area contributed by atoms with Crippen molar-refractivity contribution >= 4 is 21.4 Å². The lowest BCUT2D eigenvalue weighted by Crippen LogP contribution is -2.14. The predicted octanol–water partition coefficient (Wildman–Crippen LogP) is 1.65. The Morgan fingerprint density at radius 1 is 1.32 bits per heavy atom. The highest BCUT2D eigenvalue weighted by Crippen LogP contribution is 2.27. The van der Waals surface area contributed by atoms with Crippen molar-refractivity contribution < 1.29 is 18.3 Å². The number of anilines is 1. The van der Waals surface area contributed by atoms with E-state index in [9.17, 15) is 18.3 Å². The highest BCUT2D eigenvalue weighted by molar-refractivity contribution is 7.91. The SMILES string of the molecule is CCn1ccc(C(=O)Nc2cc(S(=O)(=O)CC)ccc2O)n1. The lowest BCUT2D eigenvalue weighted by molar-refractivity contribution is 0.102. The van der Waals surface area contributed by atoms with Gasteiger partial charge in [-0.15, -0.1) is 0 Å². The molecule has 0 bridgehead atoms. The molecule has 0 saturated carbocycles. The first kappa shape index (κ1) is 16.0. The maximum absolute atomic E-state index is 12.1. The number of rotatable bonds is 5. The standard InChI is InChI=1S/C14H17N3O4S/c1-3-17-8-7-11(16-17)14(19)15-12-9-10(5-6-13(12)18)22(20,21)4-2/h5-9,18H,3-4H2,1-2H3,(H,15,19). The van der Waals surface area contributed by atoms with Crippen LogP contribution in [0.3, 0.4) is 0 Å². The van der Waals surface area contributed by atoms with Crippen molar-refractivity contribution in [3.8, 4) is 5.75 Å². The largest absolute Gasteiger partial charge is 0.506 e. The molecule has 0 fully saturated rings. The summed E-state index contributed by atoms with van der Waals surface area (Å²) in [6.07, 6.45) is 1.66. The van der Waals surface area contributed by atoms with Crippen molar-refractivity contribution in [2.75, 3.05) is 11.1 Å². The Kier molecular flexibility index (Phi) is 4.51. The van der Waals surface area contributed by atoms with Gasteiger partial charge in [0.25, 0.3) is 5.91 Å². The van der Waals surface area contributed by atoms with E-state index in [2.05, 4.69) is 10.4 Å². The van der Waals surface area contributed by atoms with Crippen LogP contribution in [0, 0.1) is 0 Å². The zero-order chi connectivity index (χ0) is 16.3. The molecule has 1 aromatic carbocycles. The van der Waals surface area contributed by atoms with E-state index < -0.39 is 15.7 Å². The third-order valence-electron chi connectivity index (χ3n) is 3.15.